The van der Waals surface area contributed by atoms with E-state index < -0.39 is 12.0 Å². The summed E-state index contributed by atoms with van der Waals surface area (Å²) < 4.78 is 21.8. The summed E-state index contributed by atoms with van der Waals surface area (Å²) in [5.41, 5.74) is 4.01. The van der Waals surface area contributed by atoms with Crippen molar-refractivity contribution < 1.29 is 28.3 Å². The molecule has 1 aromatic heterocycles. The van der Waals surface area contributed by atoms with E-state index in [-0.39, 0.29) is 24.9 Å². The molecule has 0 spiro atoms. The van der Waals surface area contributed by atoms with E-state index in [1.165, 1.54) is 0 Å². The van der Waals surface area contributed by atoms with Crippen LogP contribution in [0.5, 0.6) is 11.5 Å². The molecule has 0 saturated carbocycles. The van der Waals surface area contributed by atoms with Gasteiger partial charge in [-0.3, -0.25) is 9.59 Å². The standard InChI is InChI=1S/C27H30N2O6/c1-16-6-9-20(10-7-16)29-25(30)13-11-21(27(31)34-15-22-17(2)28-35-18(22)3)26(29)19-8-12-23(32-4)24(14-19)33-5/h6-10,12,14,21,26H,11,13,15H2,1-5H3. The molecule has 1 aliphatic heterocycles. The first-order valence-electron chi connectivity index (χ1n) is 11.5. The molecule has 8 nitrogen and oxygen atoms in total. The van der Waals surface area contributed by atoms with Gasteiger partial charge in [0.15, 0.2) is 11.5 Å². The number of esters is 1. The molecule has 184 valence electrons. The van der Waals surface area contributed by atoms with Crippen molar-refractivity contribution in [3.8, 4) is 11.5 Å². The predicted octanol–water partition coefficient (Wildman–Crippen LogP) is 4.84. The lowest BCUT2D eigenvalue weighted by molar-refractivity contribution is -0.152. The predicted molar refractivity (Wildman–Crippen MR) is 129 cm³/mol. The minimum Gasteiger partial charge on any atom is -0.493 e. The fourth-order valence-corrected chi connectivity index (χ4v) is 4.53. The van der Waals surface area contributed by atoms with Crippen LogP contribution in [0.4, 0.5) is 5.69 Å². The van der Waals surface area contributed by atoms with Crippen molar-refractivity contribution in [1.29, 1.82) is 0 Å². The van der Waals surface area contributed by atoms with Crippen molar-refractivity contribution >= 4 is 17.6 Å². The number of hydrogen-bond donors (Lipinski definition) is 0. The lowest BCUT2D eigenvalue weighted by atomic mass is 9.83. The molecule has 0 aliphatic carbocycles. The van der Waals surface area contributed by atoms with Gasteiger partial charge in [-0.2, -0.15) is 0 Å². The van der Waals surface area contributed by atoms with E-state index in [9.17, 15) is 9.59 Å². The normalized spacial score (nSPS) is 17.9. The molecule has 1 fully saturated rings. The van der Waals surface area contributed by atoms with Gasteiger partial charge in [-0.05, 0) is 57.0 Å². The van der Waals surface area contributed by atoms with Crippen LogP contribution in [0.2, 0.25) is 0 Å². The third-order valence-electron chi connectivity index (χ3n) is 6.50. The second-order valence-electron chi connectivity index (χ2n) is 8.71. The number of ether oxygens (including phenoxy) is 3. The van der Waals surface area contributed by atoms with Gasteiger partial charge in [0.05, 0.1) is 37.4 Å². The quantitative estimate of drug-likeness (QED) is 0.449. The first-order valence-corrected chi connectivity index (χ1v) is 11.5. The number of amides is 1. The molecule has 2 heterocycles. The second kappa shape index (κ2) is 10.2. The van der Waals surface area contributed by atoms with E-state index in [2.05, 4.69) is 5.16 Å². The number of hydrogen-bond acceptors (Lipinski definition) is 7. The summed E-state index contributed by atoms with van der Waals surface area (Å²) in [4.78, 5) is 28.4. The topological polar surface area (TPSA) is 91.1 Å². The lowest BCUT2D eigenvalue weighted by Gasteiger charge is -2.40. The molecule has 35 heavy (non-hydrogen) atoms. The number of rotatable bonds is 7. The van der Waals surface area contributed by atoms with E-state index in [0.29, 0.717) is 29.4 Å². The molecule has 3 aromatic rings. The molecule has 4 rings (SSSR count). The Labute approximate surface area is 204 Å². The summed E-state index contributed by atoms with van der Waals surface area (Å²) in [5.74, 6) is 0.699. The molecule has 1 saturated heterocycles. The molecule has 0 N–H and O–H groups in total. The van der Waals surface area contributed by atoms with Crippen LogP contribution in [0.1, 0.15) is 47.0 Å². The summed E-state index contributed by atoms with van der Waals surface area (Å²) in [6, 6.07) is 12.6. The zero-order valence-electron chi connectivity index (χ0n) is 20.7. The zero-order chi connectivity index (χ0) is 25.1. The number of benzene rings is 2. The summed E-state index contributed by atoms with van der Waals surface area (Å²) in [5, 5.41) is 3.93. The van der Waals surface area contributed by atoms with E-state index in [4.69, 9.17) is 18.7 Å². The Hall–Kier alpha value is -3.81. The van der Waals surface area contributed by atoms with Gasteiger partial charge in [-0.25, -0.2) is 0 Å². The smallest absolute Gasteiger partial charge is 0.311 e. The van der Waals surface area contributed by atoms with Gasteiger partial charge in [-0.15, -0.1) is 0 Å². The Balaban J connectivity index is 1.73. The first kappa shape index (κ1) is 24.3. The van der Waals surface area contributed by atoms with Gasteiger partial charge in [0.1, 0.15) is 12.4 Å². The minimum atomic E-state index is -0.576. The van der Waals surface area contributed by atoms with Crippen LogP contribution in [0.3, 0.4) is 0 Å². The van der Waals surface area contributed by atoms with Crippen LogP contribution >= 0.6 is 0 Å². The van der Waals surface area contributed by atoms with Gasteiger partial charge in [0.25, 0.3) is 0 Å². The van der Waals surface area contributed by atoms with Gasteiger partial charge in [0.2, 0.25) is 5.91 Å². The van der Waals surface area contributed by atoms with Gasteiger partial charge < -0.3 is 23.6 Å². The molecular weight excluding hydrogens is 448 g/mol. The van der Waals surface area contributed by atoms with Gasteiger partial charge in [-0.1, -0.05) is 28.9 Å². The third kappa shape index (κ3) is 4.87. The van der Waals surface area contributed by atoms with Gasteiger partial charge in [0, 0.05) is 12.1 Å². The number of methoxy groups -OCH3 is 2. The van der Waals surface area contributed by atoms with Crippen LogP contribution in [0.25, 0.3) is 0 Å². The first-order chi connectivity index (χ1) is 16.8. The number of carbonyl (C=O) groups excluding carboxylic acids is 2. The average molecular weight is 479 g/mol. The number of piperidine rings is 1. The highest BCUT2D eigenvalue weighted by Gasteiger charge is 2.42. The number of carbonyl (C=O) groups is 2. The van der Waals surface area contributed by atoms with Crippen molar-refractivity contribution in [3.63, 3.8) is 0 Å². The Morgan fingerprint density at radius 2 is 1.77 bits per heavy atom. The number of aromatic nitrogens is 1. The highest BCUT2D eigenvalue weighted by atomic mass is 16.5. The van der Waals surface area contributed by atoms with Crippen molar-refractivity contribution in [2.24, 2.45) is 5.92 Å². The highest BCUT2D eigenvalue weighted by molar-refractivity contribution is 5.97. The van der Waals surface area contributed by atoms with Crippen molar-refractivity contribution in [1.82, 2.24) is 5.16 Å². The summed E-state index contributed by atoms with van der Waals surface area (Å²) in [6.07, 6.45) is 0.614. The van der Waals surface area contributed by atoms with Crippen LogP contribution in [-0.4, -0.2) is 31.3 Å². The van der Waals surface area contributed by atoms with Gasteiger partial charge >= 0.3 is 5.97 Å². The summed E-state index contributed by atoms with van der Waals surface area (Å²) in [6.45, 7) is 5.65. The van der Waals surface area contributed by atoms with Crippen LogP contribution in [0, 0.1) is 26.7 Å². The fourth-order valence-electron chi connectivity index (χ4n) is 4.53. The van der Waals surface area contributed by atoms with Crippen LogP contribution in [-0.2, 0) is 20.9 Å². The monoisotopic (exact) mass is 478 g/mol. The molecule has 0 bridgehead atoms. The second-order valence-corrected chi connectivity index (χ2v) is 8.71. The maximum absolute atomic E-state index is 13.4. The highest BCUT2D eigenvalue weighted by Crippen LogP contribution is 2.43. The Morgan fingerprint density at radius 1 is 1.06 bits per heavy atom. The molecule has 2 atom stereocenters. The minimum absolute atomic E-state index is 0.0524. The SMILES string of the molecule is COc1ccc(C2C(C(=O)OCc3c(C)noc3C)CCC(=O)N2c2ccc(C)cc2)cc1OC. The van der Waals surface area contributed by atoms with Crippen molar-refractivity contribution in [3.05, 3.63) is 70.6 Å². The third-order valence-corrected chi connectivity index (χ3v) is 6.50. The Bertz CT molecular complexity index is 1200. The Morgan fingerprint density at radius 3 is 2.40 bits per heavy atom. The number of aryl methyl sites for hydroxylation is 3. The zero-order valence-corrected chi connectivity index (χ0v) is 20.7. The maximum atomic E-state index is 13.4. The van der Waals surface area contributed by atoms with Crippen molar-refractivity contribution in [2.75, 3.05) is 19.1 Å². The molecule has 8 heteroatoms. The molecular formula is C27H30N2O6. The molecule has 1 aliphatic rings. The van der Waals surface area contributed by atoms with Crippen LogP contribution in [0.15, 0.2) is 47.0 Å². The number of nitrogens with zero attached hydrogens (tertiary/aromatic N) is 2. The molecule has 2 unspecified atom stereocenters. The largest absolute Gasteiger partial charge is 0.493 e. The molecule has 0 radical (unpaired) electrons. The van der Waals surface area contributed by atoms with E-state index in [1.807, 2.05) is 50.2 Å². The van der Waals surface area contributed by atoms with Crippen LogP contribution < -0.4 is 14.4 Å². The molecule has 2 aromatic carbocycles. The van der Waals surface area contributed by atoms with E-state index in [1.54, 1.807) is 32.1 Å². The maximum Gasteiger partial charge on any atom is 0.311 e. The Kier molecular flexibility index (Phi) is 7.10. The summed E-state index contributed by atoms with van der Waals surface area (Å²) >= 11 is 0. The number of anilines is 1. The summed E-state index contributed by atoms with van der Waals surface area (Å²) in [7, 11) is 3.12. The fraction of sp³-hybridized carbons (Fsp3) is 0.370. The van der Waals surface area contributed by atoms with E-state index in [0.717, 1.165) is 22.4 Å². The van der Waals surface area contributed by atoms with E-state index >= 15 is 0 Å². The molecule has 1 amide bonds. The van der Waals surface area contributed by atoms with Crippen molar-refractivity contribution in [2.45, 2.75) is 46.3 Å². The lowest BCUT2D eigenvalue weighted by Crippen LogP contribution is -2.46. The average Bonchev–Trinajstić information content (AvgIpc) is 3.19.